The van der Waals surface area contributed by atoms with Crippen LogP contribution in [0.3, 0.4) is 0 Å². The van der Waals surface area contributed by atoms with Crippen LogP contribution in [0.2, 0.25) is 0 Å². The van der Waals surface area contributed by atoms with Crippen LogP contribution in [0.25, 0.3) is 11.4 Å². The first-order valence-electron chi connectivity index (χ1n) is 11.5. The summed E-state index contributed by atoms with van der Waals surface area (Å²) in [6.45, 7) is 8.41. The zero-order valence-corrected chi connectivity index (χ0v) is 22.0. The van der Waals surface area contributed by atoms with Gasteiger partial charge in [-0.1, -0.05) is 30.3 Å². The summed E-state index contributed by atoms with van der Waals surface area (Å²) < 4.78 is 11.7. The Hall–Kier alpha value is -2.66. The number of aromatic amines is 1. The number of hydrogen-bond acceptors (Lipinski definition) is 5. The summed E-state index contributed by atoms with van der Waals surface area (Å²) in [6, 6.07) is 14.5. The van der Waals surface area contributed by atoms with Gasteiger partial charge >= 0.3 is 0 Å². The lowest BCUT2D eigenvalue weighted by Crippen LogP contribution is -2.36. The fourth-order valence-electron chi connectivity index (χ4n) is 3.72. The Bertz CT molecular complexity index is 1050. The monoisotopic (exact) mass is 576 g/mol. The van der Waals surface area contributed by atoms with Gasteiger partial charge in [-0.25, -0.2) is 9.98 Å². The van der Waals surface area contributed by atoms with Crippen molar-refractivity contribution in [3.63, 3.8) is 0 Å². The van der Waals surface area contributed by atoms with Crippen LogP contribution >= 0.6 is 24.0 Å². The highest BCUT2D eigenvalue weighted by Crippen LogP contribution is 2.23. The zero-order chi connectivity index (χ0) is 22.9. The van der Waals surface area contributed by atoms with Crippen LogP contribution in [0.4, 0.5) is 0 Å². The van der Waals surface area contributed by atoms with Gasteiger partial charge < -0.3 is 20.1 Å². The van der Waals surface area contributed by atoms with Crippen molar-refractivity contribution in [1.82, 2.24) is 25.8 Å². The van der Waals surface area contributed by atoms with E-state index in [1.54, 1.807) is 0 Å². The summed E-state index contributed by atoms with van der Waals surface area (Å²) in [5, 5.41) is 13.6. The van der Waals surface area contributed by atoms with E-state index >= 15 is 0 Å². The maximum atomic E-state index is 6.18. The van der Waals surface area contributed by atoms with Crippen molar-refractivity contribution in [3.05, 3.63) is 65.5 Å². The fraction of sp³-hybridized carbons (Fsp3) is 0.400. The lowest BCUT2D eigenvalue weighted by atomic mass is 10.1. The Morgan fingerprint density at radius 3 is 2.91 bits per heavy atom. The van der Waals surface area contributed by atoms with Gasteiger partial charge in [0.1, 0.15) is 12.1 Å². The van der Waals surface area contributed by atoms with Crippen molar-refractivity contribution in [3.8, 4) is 17.1 Å². The molecular formula is C25H33IN6O2. The van der Waals surface area contributed by atoms with Gasteiger partial charge in [0.05, 0.1) is 19.8 Å². The lowest BCUT2D eigenvalue weighted by molar-refractivity contribution is 0.166. The van der Waals surface area contributed by atoms with Gasteiger partial charge in [0.15, 0.2) is 11.8 Å². The van der Waals surface area contributed by atoms with Gasteiger partial charge in [0.25, 0.3) is 0 Å². The molecular weight excluding hydrogens is 543 g/mol. The Labute approximate surface area is 218 Å². The molecule has 1 aromatic heterocycles. The lowest BCUT2D eigenvalue weighted by Gasteiger charge is -2.17. The van der Waals surface area contributed by atoms with Crippen molar-refractivity contribution in [2.75, 3.05) is 26.4 Å². The van der Waals surface area contributed by atoms with Crippen LogP contribution in [0.15, 0.2) is 53.8 Å². The van der Waals surface area contributed by atoms with Crippen LogP contribution in [-0.2, 0) is 17.8 Å². The number of nitrogens with one attached hydrogen (secondary N) is 3. The van der Waals surface area contributed by atoms with Crippen LogP contribution in [-0.4, -0.2) is 47.5 Å². The first-order chi connectivity index (χ1) is 16.2. The second kappa shape index (κ2) is 13.3. The van der Waals surface area contributed by atoms with Crippen LogP contribution in [0.5, 0.6) is 5.75 Å². The molecule has 0 radical (unpaired) electrons. The predicted octanol–water partition coefficient (Wildman–Crippen LogP) is 4.07. The van der Waals surface area contributed by atoms with Gasteiger partial charge in [0, 0.05) is 36.7 Å². The number of guanidine groups is 1. The Balaban J connectivity index is 0.00000324. The molecule has 1 fully saturated rings. The molecule has 2 heterocycles. The predicted molar refractivity (Wildman–Crippen MR) is 144 cm³/mol. The largest absolute Gasteiger partial charge is 0.493 e. The number of benzene rings is 2. The number of halogens is 1. The molecule has 2 aromatic carbocycles. The molecule has 1 atom stereocenters. The zero-order valence-electron chi connectivity index (χ0n) is 19.7. The minimum absolute atomic E-state index is 0. The number of rotatable bonds is 9. The molecule has 1 aliphatic heterocycles. The summed E-state index contributed by atoms with van der Waals surface area (Å²) in [4.78, 5) is 8.99. The number of aryl methyl sites for hydroxylation is 1. The molecule has 0 saturated carbocycles. The van der Waals surface area contributed by atoms with Gasteiger partial charge in [-0.05, 0) is 43.5 Å². The van der Waals surface area contributed by atoms with Crippen molar-refractivity contribution < 1.29 is 9.47 Å². The molecule has 0 spiro atoms. The topological polar surface area (TPSA) is 96.5 Å². The van der Waals surface area contributed by atoms with Crippen molar-refractivity contribution in [1.29, 1.82) is 0 Å². The highest BCUT2D eigenvalue weighted by Gasteiger charge is 2.17. The summed E-state index contributed by atoms with van der Waals surface area (Å²) in [6.07, 6.45) is 2.58. The highest BCUT2D eigenvalue weighted by atomic mass is 127. The van der Waals surface area contributed by atoms with Crippen LogP contribution in [0, 0.1) is 12.8 Å². The Morgan fingerprint density at radius 1 is 1.24 bits per heavy atom. The van der Waals surface area contributed by atoms with E-state index < -0.39 is 0 Å². The first kappa shape index (κ1) is 26.0. The number of ether oxygens (including phenoxy) is 2. The minimum Gasteiger partial charge on any atom is -0.493 e. The molecule has 34 heavy (non-hydrogen) atoms. The van der Waals surface area contributed by atoms with Gasteiger partial charge in [-0.2, -0.15) is 5.10 Å². The molecule has 0 aliphatic carbocycles. The average Bonchev–Trinajstić information content (AvgIpc) is 3.55. The molecule has 8 nitrogen and oxygen atoms in total. The van der Waals surface area contributed by atoms with E-state index in [1.807, 2.05) is 12.1 Å². The molecule has 9 heteroatoms. The smallest absolute Gasteiger partial charge is 0.191 e. The molecule has 3 N–H and O–H groups in total. The third-order valence-electron chi connectivity index (χ3n) is 5.55. The van der Waals surface area contributed by atoms with Crippen LogP contribution < -0.4 is 15.4 Å². The summed E-state index contributed by atoms with van der Waals surface area (Å²) >= 11 is 0. The second-order valence-electron chi connectivity index (χ2n) is 8.23. The molecule has 1 unspecified atom stereocenters. The van der Waals surface area contributed by atoms with Gasteiger partial charge in [-0.3, -0.25) is 5.10 Å². The molecule has 182 valence electrons. The Morgan fingerprint density at radius 2 is 2.15 bits per heavy atom. The molecule has 0 amide bonds. The van der Waals surface area contributed by atoms with Crippen molar-refractivity contribution in [2.24, 2.45) is 10.9 Å². The van der Waals surface area contributed by atoms with E-state index in [2.05, 4.69) is 70.0 Å². The maximum Gasteiger partial charge on any atom is 0.191 e. The third-order valence-corrected chi connectivity index (χ3v) is 5.55. The SMILES string of the molecule is CCNC(=NCc1cccc(-c2ncn[nH]2)c1)NCc1ccc(C)cc1OCC1CCOC1.I. The average molecular weight is 576 g/mol. The van der Waals surface area contributed by atoms with Gasteiger partial charge in [0.2, 0.25) is 0 Å². The van der Waals surface area contributed by atoms with Crippen molar-refractivity contribution >= 4 is 29.9 Å². The summed E-state index contributed by atoms with van der Waals surface area (Å²) in [7, 11) is 0. The number of H-pyrrole nitrogens is 1. The van der Waals surface area contributed by atoms with E-state index in [9.17, 15) is 0 Å². The fourth-order valence-corrected chi connectivity index (χ4v) is 3.72. The van der Waals surface area contributed by atoms with E-state index in [0.29, 0.717) is 25.6 Å². The number of aromatic nitrogens is 3. The second-order valence-corrected chi connectivity index (χ2v) is 8.23. The van der Waals surface area contributed by atoms with E-state index in [-0.39, 0.29) is 24.0 Å². The van der Waals surface area contributed by atoms with Crippen molar-refractivity contribution in [2.45, 2.75) is 33.4 Å². The maximum absolute atomic E-state index is 6.18. The molecule has 0 bridgehead atoms. The normalized spacial score (nSPS) is 15.6. The third kappa shape index (κ3) is 7.42. The first-order valence-corrected chi connectivity index (χ1v) is 11.5. The Kier molecular flexibility index (Phi) is 10.1. The molecule has 3 aromatic rings. The number of aliphatic imine (C=N–C) groups is 1. The highest BCUT2D eigenvalue weighted by molar-refractivity contribution is 14.0. The summed E-state index contributed by atoms with van der Waals surface area (Å²) in [5.74, 6) is 2.91. The number of nitrogens with zero attached hydrogens (tertiary/aromatic N) is 3. The van der Waals surface area contributed by atoms with Gasteiger partial charge in [-0.15, -0.1) is 24.0 Å². The minimum atomic E-state index is 0. The molecule has 4 rings (SSSR count). The summed E-state index contributed by atoms with van der Waals surface area (Å²) in [5.41, 5.74) is 4.38. The quantitative estimate of drug-likeness (QED) is 0.202. The standard InChI is InChI=1S/C25H32N6O2.HI/c1-3-26-25(27-13-19-5-4-6-21(12-19)24-29-17-30-31-24)28-14-22-8-7-18(2)11-23(22)33-16-20-9-10-32-15-20;/h4-8,11-12,17,20H,3,9-10,13-16H2,1-2H3,(H2,26,27,28)(H,29,30,31);1H. The molecule has 1 saturated heterocycles. The van der Waals surface area contributed by atoms with E-state index in [0.717, 1.165) is 60.4 Å². The van der Waals surface area contributed by atoms with Crippen LogP contribution in [0.1, 0.15) is 30.0 Å². The van der Waals surface area contributed by atoms with E-state index in [4.69, 9.17) is 14.5 Å². The number of hydrogen-bond donors (Lipinski definition) is 3. The molecule has 1 aliphatic rings. The van der Waals surface area contributed by atoms with E-state index in [1.165, 1.54) is 11.9 Å².